The summed E-state index contributed by atoms with van der Waals surface area (Å²) in [6.07, 6.45) is 1.76. The molecule has 2 aromatic carbocycles. The van der Waals surface area contributed by atoms with Gasteiger partial charge in [-0.15, -0.1) is 0 Å². The molecule has 0 aliphatic carbocycles. The number of aromatic hydroxyl groups is 1. The maximum absolute atomic E-state index is 12.5. The average Bonchev–Trinajstić information content (AvgIpc) is 2.97. The zero-order valence-corrected chi connectivity index (χ0v) is 16.3. The van der Waals surface area contributed by atoms with Gasteiger partial charge < -0.3 is 19.3 Å². The van der Waals surface area contributed by atoms with Crippen molar-refractivity contribution in [3.8, 4) is 11.5 Å². The lowest BCUT2D eigenvalue weighted by atomic mass is 9.91. The van der Waals surface area contributed by atoms with E-state index >= 15 is 0 Å². The molecule has 2 aliphatic heterocycles. The third kappa shape index (κ3) is 3.50. The molecule has 0 spiro atoms. The first kappa shape index (κ1) is 18.6. The van der Waals surface area contributed by atoms with E-state index < -0.39 is 12.3 Å². The van der Waals surface area contributed by atoms with Crippen LogP contribution in [0.25, 0.3) is 5.57 Å². The van der Waals surface area contributed by atoms with Crippen LogP contribution in [0.5, 0.6) is 11.5 Å². The van der Waals surface area contributed by atoms with Crippen molar-refractivity contribution in [2.75, 3.05) is 7.11 Å². The van der Waals surface area contributed by atoms with Crippen molar-refractivity contribution in [1.82, 2.24) is 0 Å². The Morgan fingerprint density at radius 2 is 1.93 bits per heavy atom. The van der Waals surface area contributed by atoms with Crippen LogP contribution in [0, 0.1) is 0 Å². The van der Waals surface area contributed by atoms with Crippen LogP contribution in [-0.2, 0) is 27.1 Å². The Morgan fingerprint density at radius 3 is 2.64 bits per heavy atom. The van der Waals surface area contributed by atoms with Gasteiger partial charge in [-0.3, -0.25) is 0 Å². The molecule has 0 saturated carbocycles. The summed E-state index contributed by atoms with van der Waals surface area (Å²) in [6.45, 7) is 4.20. The molecule has 2 aliphatic rings. The first-order chi connectivity index (χ1) is 13.4. The third-order valence-electron chi connectivity index (χ3n) is 5.30. The summed E-state index contributed by atoms with van der Waals surface area (Å²) >= 11 is 0. The monoisotopic (exact) mass is 380 g/mol. The molecule has 5 nitrogen and oxygen atoms in total. The summed E-state index contributed by atoms with van der Waals surface area (Å²) < 4.78 is 16.9. The number of fused-ring (bicyclic) bond motifs is 1. The van der Waals surface area contributed by atoms with E-state index in [2.05, 4.69) is 19.9 Å². The Labute approximate surface area is 164 Å². The highest BCUT2D eigenvalue weighted by Crippen LogP contribution is 2.37. The maximum atomic E-state index is 12.5. The van der Waals surface area contributed by atoms with E-state index in [0.29, 0.717) is 17.6 Å². The van der Waals surface area contributed by atoms with Crippen LogP contribution in [0.3, 0.4) is 0 Å². The largest absolute Gasteiger partial charge is 0.508 e. The number of ether oxygens (including phenoxy) is 3. The normalized spacial score (nSPS) is 20.5. The van der Waals surface area contributed by atoms with Crippen LogP contribution in [-0.4, -0.2) is 30.1 Å². The number of methoxy groups -OCH3 is 1. The predicted octanol–water partition coefficient (Wildman–Crippen LogP) is 4.02. The van der Waals surface area contributed by atoms with Crippen LogP contribution >= 0.6 is 0 Å². The van der Waals surface area contributed by atoms with Crippen molar-refractivity contribution in [3.63, 3.8) is 0 Å². The summed E-state index contributed by atoms with van der Waals surface area (Å²) in [5, 5.41) is 9.55. The molecule has 2 heterocycles. The molecule has 0 saturated heterocycles. The van der Waals surface area contributed by atoms with Gasteiger partial charge in [-0.25, -0.2) is 4.79 Å². The number of carbonyl (C=O) groups is 1. The van der Waals surface area contributed by atoms with Gasteiger partial charge in [0.2, 0.25) is 6.29 Å². The second-order valence-electron chi connectivity index (χ2n) is 7.90. The zero-order chi connectivity index (χ0) is 19.9. The number of phenols is 1. The SMILES string of the molecule is COC1OC(=O)C(c2ccc(O)cc2)=C1Cc1ccc2c(c1)CCC(C)(C)O2. The van der Waals surface area contributed by atoms with Crippen molar-refractivity contribution in [1.29, 1.82) is 0 Å². The summed E-state index contributed by atoms with van der Waals surface area (Å²) in [4.78, 5) is 12.5. The lowest BCUT2D eigenvalue weighted by molar-refractivity contribution is -0.154. The van der Waals surface area contributed by atoms with Gasteiger partial charge in [0.25, 0.3) is 0 Å². The second-order valence-corrected chi connectivity index (χ2v) is 7.90. The number of phenolic OH excluding ortho intramolecular Hbond substituents is 1. The molecule has 0 amide bonds. The van der Waals surface area contributed by atoms with Crippen molar-refractivity contribution >= 4 is 11.5 Å². The minimum absolute atomic E-state index is 0.143. The van der Waals surface area contributed by atoms with Crippen LogP contribution in [0.15, 0.2) is 48.0 Å². The fourth-order valence-corrected chi connectivity index (χ4v) is 3.81. The van der Waals surface area contributed by atoms with E-state index in [0.717, 1.165) is 29.7 Å². The Balaban J connectivity index is 1.69. The molecular weight excluding hydrogens is 356 g/mol. The minimum Gasteiger partial charge on any atom is -0.508 e. The fourth-order valence-electron chi connectivity index (χ4n) is 3.81. The van der Waals surface area contributed by atoms with Crippen molar-refractivity contribution < 1.29 is 24.1 Å². The smallest absolute Gasteiger partial charge is 0.341 e. The fraction of sp³-hybridized carbons (Fsp3) is 0.348. The van der Waals surface area contributed by atoms with Crippen molar-refractivity contribution in [3.05, 3.63) is 64.7 Å². The summed E-state index contributed by atoms with van der Waals surface area (Å²) in [7, 11) is 1.53. The van der Waals surface area contributed by atoms with E-state index in [1.165, 1.54) is 12.7 Å². The lowest BCUT2D eigenvalue weighted by Crippen LogP contribution is -2.32. The number of benzene rings is 2. The lowest BCUT2D eigenvalue weighted by Gasteiger charge is -2.32. The molecule has 28 heavy (non-hydrogen) atoms. The van der Waals surface area contributed by atoms with Crippen molar-refractivity contribution in [2.45, 2.75) is 45.0 Å². The molecule has 1 N–H and O–H groups in total. The third-order valence-corrected chi connectivity index (χ3v) is 5.30. The molecule has 5 heteroatoms. The molecule has 146 valence electrons. The molecule has 0 fully saturated rings. The topological polar surface area (TPSA) is 65.0 Å². The first-order valence-corrected chi connectivity index (χ1v) is 9.43. The number of rotatable bonds is 4. The number of aryl methyl sites for hydroxylation is 1. The summed E-state index contributed by atoms with van der Waals surface area (Å²) in [5.74, 6) is 0.670. The number of cyclic esters (lactones) is 1. The molecule has 1 unspecified atom stereocenters. The Morgan fingerprint density at radius 1 is 1.18 bits per heavy atom. The molecule has 0 bridgehead atoms. The predicted molar refractivity (Wildman–Crippen MR) is 105 cm³/mol. The Bertz CT molecular complexity index is 940. The molecule has 2 aromatic rings. The van der Waals surface area contributed by atoms with Gasteiger partial charge in [-0.05, 0) is 61.6 Å². The van der Waals surface area contributed by atoms with Crippen LogP contribution in [0.1, 0.15) is 37.0 Å². The van der Waals surface area contributed by atoms with E-state index in [1.54, 1.807) is 24.3 Å². The van der Waals surface area contributed by atoms with E-state index in [1.807, 2.05) is 12.1 Å². The molecular formula is C23H24O5. The van der Waals surface area contributed by atoms with Gasteiger partial charge in [0.1, 0.15) is 17.1 Å². The van der Waals surface area contributed by atoms with Crippen molar-refractivity contribution in [2.24, 2.45) is 0 Å². The highest BCUT2D eigenvalue weighted by Gasteiger charge is 2.35. The highest BCUT2D eigenvalue weighted by molar-refractivity contribution is 6.19. The van der Waals surface area contributed by atoms with E-state index in [4.69, 9.17) is 14.2 Å². The molecule has 0 radical (unpaired) electrons. The van der Waals surface area contributed by atoms with Gasteiger partial charge >= 0.3 is 5.97 Å². The summed E-state index contributed by atoms with van der Waals surface area (Å²) in [5.41, 5.74) is 4.12. The number of esters is 1. The average molecular weight is 380 g/mol. The second kappa shape index (κ2) is 6.99. The van der Waals surface area contributed by atoms with Gasteiger partial charge in [0, 0.05) is 19.1 Å². The minimum atomic E-state index is -0.706. The highest BCUT2D eigenvalue weighted by atomic mass is 16.7. The quantitative estimate of drug-likeness (QED) is 0.812. The van der Waals surface area contributed by atoms with Gasteiger partial charge in [0.05, 0.1) is 5.57 Å². The van der Waals surface area contributed by atoms with Crippen LogP contribution in [0.2, 0.25) is 0 Å². The zero-order valence-electron chi connectivity index (χ0n) is 16.3. The summed E-state index contributed by atoms with van der Waals surface area (Å²) in [6, 6.07) is 12.7. The Kier molecular flexibility index (Phi) is 4.63. The first-order valence-electron chi connectivity index (χ1n) is 9.43. The van der Waals surface area contributed by atoms with Gasteiger partial charge in [0.15, 0.2) is 0 Å². The Hall–Kier alpha value is -2.79. The van der Waals surface area contributed by atoms with Gasteiger partial charge in [-0.1, -0.05) is 24.3 Å². The number of hydrogen-bond acceptors (Lipinski definition) is 5. The number of hydrogen-bond donors (Lipinski definition) is 1. The molecule has 1 atom stereocenters. The van der Waals surface area contributed by atoms with Crippen LogP contribution in [0.4, 0.5) is 0 Å². The van der Waals surface area contributed by atoms with E-state index in [9.17, 15) is 9.90 Å². The van der Waals surface area contributed by atoms with Gasteiger partial charge in [-0.2, -0.15) is 0 Å². The molecule has 4 rings (SSSR count). The standard InChI is InChI=1S/C23H24O5/c1-23(2)11-10-16-12-14(4-9-19(16)28-23)13-18-20(21(25)27-22(18)26-3)15-5-7-17(24)8-6-15/h4-9,12,22,24H,10-11,13H2,1-3H3. The number of carbonyl (C=O) groups excluding carboxylic acids is 1. The maximum Gasteiger partial charge on any atom is 0.341 e. The van der Waals surface area contributed by atoms with Crippen LogP contribution < -0.4 is 4.74 Å². The van der Waals surface area contributed by atoms with E-state index in [-0.39, 0.29) is 11.4 Å². The molecule has 0 aromatic heterocycles.